The van der Waals surface area contributed by atoms with Crippen molar-refractivity contribution in [2.75, 3.05) is 32.8 Å². The largest absolute Gasteiger partial charge is 0.481 e. The molecule has 0 bridgehead atoms. The molecule has 0 aliphatic carbocycles. The highest BCUT2D eigenvalue weighted by atomic mass is 16.5. The number of aliphatic hydroxyl groups excluding tert-OH is 1. The maximum Gasteiger partial charge on any atom is 0.320 e. The molecule has 0 aromatic heterocycles. The first-order valence-corrected chi connectivity index (χ1v) is 7.51. The number of carboxylic acid groups (broad SMARTS) is 1. The number of hydrogen-bond acceptors (Lipinski definition) is 4. The summed E-state index contributed by atoms with van der Waals surface area (Å²) in [5, 5.41) is 18.0. The van der Waals surface area contributed by atoms with Crippen LogP contribution in [0.4, 0.5) is 4.79 Å². The maximum absolute atomic E-state index is 12.5. The van der Waals surface area contributed by atoms with Gasteiger partial charge in [0.15, 0.2) is 0 Å². The third kappa shape index (κ3) is 4.31. The van der Waals surface area contributed by atoms with E-state index in [-0.39, 0.29) is 37.2 Å². The monoisotopic (exact) mass is 300 g/mol. The van der Waals surface area contributed by atoms with Crippen molar-refractivity contribution in [2.45, 2.75) is 38.4 Å². The van der Waals surface area contributed by atoms with Gasteiger partial charge in [0.05, 0.1) is 25.4 Å². The van der Waals surface area contributed by atoms with Crippen molar-refractivity contribution in [3.05, 3.63) is 0 Å². The number of morpholine rings is 1. The van der Waals surface area contributed by atoms with Crippen LogP contribution in [-0.2, 0) is 9.53 Å². The van der Waals surface area contributed by atoms with E-state index in [4.69, 9.17) is 9.84 Å². The summed E-state index contributed by atoms with van der Waals surface area (Å²) < 4.78 is 5.54. The molecular weight excluding hydrogens is 276 g/mol. The average molecular weight is 300 g/mol. The Morgan fingerprint density at radius 1 is 1.19 bits per heavy atom. The lowest BCUT2D eigenvalue weighted by molar-refractivity contribution is -0.138. The number of aliphatic carboxylic acids is 1. The molecule has 2 amide bonds. The molecule has 2 rings (SSSR count). The molecule has 2 aliphatic heterocycles. The van der Waals surface area contributed by atoms with E-state index in [0.29, 0.717) is 26.2 Å². The number of piperidine rings is 1. The summed E-state index contributed by atoms with van der Waals surface area (Å²) in [5.74, 6) is -0.604. The highest BCUT2D eigenvalue weighted by Crippen LogP contribution is 2.22. The first kappa shape index (κ1) is 16.0. The Morgan fingerprint density at radius 2 is 1.86 bits per heavy atom. The van der Waals surface area contributed by atoms with E-state index in [1.807, 2.05) is 6.92 Å². The van der Waals surface area contributed by atoms with E-state index in [1.165, 1.54) is 0 Å². The molecule has 0 saturated carbocycles. The van der Waals surface area contributed by atoms with Crippen molar-refractivity contribution in [3.63, 3.8) is 0 Å². The van der Waals surface area contributed by atoms with Crippen LogP contribution in [0.15, 0.2) is 0 Å². The molecule has 2 saturated heterocycles. The van der Waals surface area contributed by atoms with Gasteiger partial charge in [-0.15, -0.1) is 0 Å². The summed E-state index contributed by atoms with van der Waals surface area (Å²) in [7, 11) is 0. The lowest BCUT2D eigenvalue weighted by Gasteiger charge is -2.40. The maximum atomic E-state index is 12.5. The Kier molecular flexibility index (Phi) is 5.41. The fourth-order valence-corrected chi connectivity index (χ4v) is 3.08. The number of urea groups is 1. The Balaban J connectivity index is 1.85. The average Bonchev–Trinajstić information content (AvgIpc) is 2.46. The van der Waals surface area contributed by atoms with E-state index >= 15 is 0 Å². The molecule has 2 fully saturated rings. The standard InChI is InChI=1S/C14H24N2O5/c1-10-7-16(8-12(9-17)21-10)14(20)15-4-2-11(3-5-15)6-13(18)19/h10-12,17H,2-9H2,1H3,(H,18,19). The third-order valence-electron chi connectivity index (χ3n) is 4.15. The van der Waals surface area contributed by atoms with Gasteiger partial charge in [-0.25, -0.2) is 4.79 Å². The van der Waals surface area contributed by atoms with E-state index in [1.54, 1.807) is 9.80 Å². The molecule has 0 aromatic carbocycles. The predicted molar refractivity (Wildman–Crippen MR) is 74.9 cm³/mol. The highest BCUT2D eigenvalue weighted by molar-refractivity contribution is 5.75. The minimum atomic E-state index is -0.771. The topological polar surface area (TPSA) is 90.3 Å². The molecule has 0 radical (unpaired) electrons. The number of ether oxygens (including phenoxy) is 1. The minimum absolute atomic E-state index is 0.0302. The van der Waals surface area contributed by atoms with Crippen molar-refractivity contribution in [2.24, 2.45) is 5.92 Å². The number of likely N-dealkylation sites (tertiary alicyclic amines) is 1. The molecule has 21 heavy (non-hydrogen) atoms. The second-order valence-electron chi connectivity index (χ2n) is 5.97. The Hall–Kier alpha value is -1.34. The lowest BCUT2D eigenvalue weighted by atomic mass is 9.94. The quantitative estimate of drug-likeness (QED) is 0.786. The number of hydrogen-bond donors (Lipinski definition) is 2. The van der Waals surface area contributed by atoms with Gasteiger partial charge in [0.25, 0.3) is 0 Å². The second kappa shape index (κ2) is 7.09. The van der Waals surface area contributed by atoms with Crippen LogP contribution < -0.4 is 0 Å². The van der Waals surface area contributed by atoms with Gasteiger partial charge in [-0.3, -0.25) is 4.79 Å². The summed E-state index contributed by atoms with van der Waals surface area (Å²) >= 11 is 0. The molecule has 2 atom stereocenters. The number of amides is 2. The van der Waals surface area contributed by atoms with E-state index in [0.717, 1.165) is 12.8 Å². The summed E-state index contributed by atoms with van der Waals surface area (Å²) in [6.07, 6.45) is 1.26. The number of carbonyl (C=O) groups excluding carboxylic acids is 1. The van der Waals surface area contributed by atoms with E-state index < -0.39 is 5.97 Å². The van der Waals surface area contributed by atoms with Crippen LogP contribution in [0.3, 0.4) is 0 Å². The molecule has 2 N–H and O–H groups in total. The van der Waals surface area contributed by atoms with Gasteiger partial charge in [-0.2, -0.15) is 0 Å². The van der Waals surface area contributed by atoms with Gasteiger partial charge in [0.2, 0.25) is 0 Å². The van der Waals surface area contributed by atoms with Gasteiger partial charge in [0, 0.05) is 26.1 Å². The molecule has 2 aliphatic rings. The molecule has 7 nitrogen and oxygen atoms in total. The van der Waals surface area contributed by atoms with Crippen molar-refractivity contribution in [3.8, 4) is 0 Å². The fourth-order valence-electron chi connectivity index (χ4n) is 3.08. The van der Waals surface area contributed by atoms with Crippen LogP contribution >= 0.6 is 0 Å². The molecule has 0 spiro atoms. The van der Waals surface area contributed by atoms with Crippen LogP contribution in [-0.4, -0.2) is 77.0 Å². The normalized spacial score (nSPS) is 27.7. The van der Waals surface area contributed by atoms with Crippen LogP contribution in [0, 0.1) is 5.92 Å². The van der Waals surface area contributed by atoms with Gasteiger partial charge in [-0.05, 0) is 25.7 Å². The molecule has 120 valence electrons. The van der Waals surface area contributed by atoms with Gasteiger partial charge >= 0.3 is 12.0 Å². The zero-order valence-corrected chi connectivity index (χ0v) is 12.4. The Bertz CT molecular complexity index is 382. The van der Waals surface area contributed by atoms with Gasteiger partial charge in [-0.1, -0.05) is 0 Å². The van der Waals surface area contributed by atoms with E-state index in [9.17, 15) is 14.7 Å². The van der Waals surface area contributed by atoms with Crippen LogP contribution in [0.1, 0.15) is 26.2 Å². The first-order chi connectivity index (χ1) is 9.99. The van der Waals surface area contributed by atoms with Crippen LogP contribution in [0.25, 0.3) is 0 Å². The van der Waals surface area contributed by atoms with Crippen molar-refractivity contribution in [1.29, 1.82) is 0 Å². The molecule has 7 heteroatoms. The van der Waals surface area contributed by atoms with Crippen molar-refractivity contribution in [1.82, 2.24) is 9.80 Å². The first-order valence-electron chi connectivity index (χ1n) is 7.51. The molecule has 2 heterocycles. The number of aliphatic hydroxyl groups is 1. The smallest absolute Gasteiger partial charge is 0.320 e. The van der Waals surface area contributed by atoms with Crippen LogP contribution in [0.5, 0.6) is 0 Å². The van der Waals surface area contributed by atoms with Crippen molar-refractivity contribution < 1.29 is 24.5 Å². The zero-order valence-electron chi connectivity index (χ0n) is 12.4. The summed E-state index contributed by atoms with van der Waals surface area (Å²) in [5.41, 5.74) is 0. The Labute approximate surface area is 124 Å². The van der Waals surface area contributed by atoms with Crippen molar-refractivity contribution >= 4 is 12.0 Å². The molecule has 0 aromatic rings. The third-order valence-corrected chi connectivity index (χ3v) is 4.15. The SMILES string of the molecule is CC1CN(C(=O)N2CCC(CC(=O)O)CC2)CC(CO)O1. The minimum Gasteiger partial charge on any atom is -0.481 e. The number of carboxylic acids is 1. The lowest BCUT2D eigenvalue weighted by Crippen LogP contribution is -2.55. The number of carbonyl (C=O) groups is 2. The van der Waals surface area contributed by atoms with Gasteiger partial charge < -0.3 is 24.7 Å². The Morgan fingerprint density at radius 3 is 2.43 bits per heavy atom. The summed E-state index contributed by atoms with van der Waals surface area (Å²) in [6.45, 7) is 3.95. The molecule has 2 unspecified atom stereocenters. The molecular formula is C14H24N2O5. The highest BCUT2D eigenvalue weighted by Gasteiger charge is 2.32. The number of rotatable bonds is 3. The van der Waals surface area contributed by atoms with Gasteiger partial charge in [0.1, 0.15) is 0 Å². The zero-order chi connectivity index (χ0) is 15.4. The fraction of sp³-hybridized carbons (Fsp3) is 0.857. The predicted octanol–water partition coefficient (Wildman–Crippen LogP) is 0.375. The second-order valence-corrected chi connectivity index (χ2v) is 5.97. The van der Waals surface area contributed by atoms with Crippen LogP contribution in [0.2, 0.25) is 0 Å². The summed E-state index contributed by atoms with van der Waals surface area (Å²) in [4.78, 5) is 26.7. The number of nitrogens with zero attached hydrogens (tertiary/aromatic N) is 2. The van der Waals surface area contributed by atoms with E-state index in [2.05, 4.69) is 0 Å². The summed E-state index contributed by atoms with van der Waals surface area (Å²) in [6, 6.07) is -0.0302.